The molecule has 16 heavy (non-hydrogen) atoms. The van der Waals surface area contributed by atoms with Gasteiger partial charge >= 0.3 is 5.97 Å². The van der Waals surface area contributed by atoms with E-state index < -0.39 is 5.97 Å². The van der Waals surface area contributed by atoms with Crippen LogP contribution in [0.1, 0.15) is 38.5 Å². The van der Waals surface area contributed by atoms with Crippen molar-refractivity contribution in [3.05, 3.63) is 0 Å². The number of fused-ring (bicyclic) bond motifs is 1. The minimum absolute atomic E-state index is 0.282. The molecule has 0 amide bonds. The molecule has 2 rings (SSSR count). The molecule has 0 spiro atoms. The van der Waals surface area contributed by atoms with E-state index in [1.54, 1.807) is 0 Å². The van der Waals surface area contributed by atoms with Crippen molar-refractivity contribution in [2.45, 2.75) is 43.8 Å². The number of unbranched alkanes of at least 4 members (excludes halogenated alkanes) is 1. The summed E-state index contributed by atoms with van der Waals surface area (Å²) in [6.07, 6.45) is 4.71. The van der Waals surface area contributed by atoms with Crippen molar-refractivity contribution in [1.29, 1.82) is 0 Å². The zero-order chi connectivity index (χ0) is 11.5. The number of carboxylic acids is 1. The van der Waals surface area contributed by atoms with Gasteiger partial charge in [0.2, 0.25) is 0 Å². The molecule has 4 heteroatoms. The van der Waals surface area contributed by atoms with E-state index in [9.17, 15) is 9.59 Å². The van der Waals surface area contributed by atoms with E-state index in [1.807, 2.05) is 11.8 Å². The molecule has 3 nitrogen and oxygen atoms in total. The molecule has 1 N–H and O–H groups in total. The zero-order valence-corrected chi connectivity index (χ0v) is 10.2. The quantitative estimate of drug-likeness (QED) is 0.752. The Hall–Kier alpha value is -0.510. The Balaban J connectivity index is 1.70. The van der Waals surface area contributed by atoms with Crippen molar-refractivity contribution >= 4 is 23.5 Å². The summed E-state index contributed by atoms with van der Waals surface area (Å²) < 4.78 is 0. The summed E-state index contributed by atoms with van der Waals surface area (Å²) in [4.78, 5) is 21.7. The lowest BCUT2D eigenvalue weighted by Gasteiger charge is -2.16. The predicted octanol–water partition coefficient (Wildman–Crippen LogP) is 2.34. The monoisotopic (exact) mass is 242 g/mol. The van der Waals surface area contributed by atoms with Crippen molar-refractivity contribution in [1.82, 2.24) is 0 Å². The molecule has 2 aliphatic rings. The summed E-state index contributed by atoms with van der Waals surface area (Å²) in [5, 5.41) is 9.16. The highest BCUT2D eigenvalue weighted by Crippen LogP contribution is 2.47. The molecule has 90 valence electrons. The van der Waals surface area contributed by atoms with Gasteiger partial charge in [-0.25, -0.2) is 0 Å². The topological polar surface area (TPSA) is 54.4 Å². The van der Waals surface area contributed by atoms with Crippen LogP contribution >= 0.6 is 11.8 Å². The first kappa shape index (κ1) is 12.0. The summed E-state index contributed by atoms with van der Waals surface area (Å²) >= 11 is 2.00. The van der Waals surface area contributed by atoms with Crippen LogP contribution in [0, 0.1) is 11.8 Å². The number of carbonyl (C=O) groups is 2. The van der Waals surface area contributed by atoms with Crippen molar-refractivity contribution in [2.24, 2.45) is 11.8 Å². The predicted molar refractivity (Wildman–Crippen MR) is 63.6 cm³/mol. The number of thioether (sulfide) groups is 1. The Morgan fingerprint density at radius 3 is 2.94 bits per heavy atom. The highest BCUT2D eigenvalue weighted by molar-refractivity contribution is 8.00. The van der Waals surface area contributed by atoms with Gasteiger partial charge in [0.05, 0.1) is 0 Å². The molecule has 0 radical (unpaired) electrons. The maximum Gasteiger partial charge on any atom is 0.303 e. The fourth-order valence-electron chi connectivity index (χ4n) is 2.86. The van der Waals surface area contributed by atoms with Gasteiger partial charge in [0.1, 0.15) is 5.78 Å². The number of Topliss-reactive ketones (excluding diaryl/α,β-unsaturated/α-hetero) is 1. The number of hydrogen-bond donors (Lipinski definition) is 1. The van der Waals surface area contributed by atoms with Crippen LogP contribution in [-0.2, 0) is 9.59 Å². The van der Waals surface area contributed by atoms with Gasteiger partial charge in [-0.15, -0.1) is 0 Å². The molecular formula is C12H18O3S. The molecule has 2 unspecified atom stereocenters. The van der Waals surface area contributed by atoms with E-state index in [4.69, 9.17) is 5.11 Å². The maximum absolute atomic E-state index is 11.3. The van der Waals surface area contributed by atoms with Crippen LogP contribution in [0.2, 0.25) is 0 Å². The Bertz CT molecular complexity index is 290. The molecule has 1 aliphatic heterocycles. The second kappa shape index (κ2) is 5.21. The van der Waals surface area contributed by atoms with Crippen LogP contribution in [0.25, 0.3) is 0 Å². The van der Waals surface area contributed by atoms with E-state index >= 15 is 0 Å². The molecule has 1 saturated heterocycles. The van der Waals surface area contributed by atoms with Gasteiger partial charge < -0.3 is 5.11 Å². The highest BCUT2D eigenvalue weighted by atomic mass is 32.2. The van der Waals surface area contributed by atoms with Gasteiger partial charge in [0.15, 0.2) is 0 Å². The molecule has 0 aromatic carbocycles. The van der Waals surface area contributed by atoms with Crippen molar-refractivity contribution in [3.8, 4) is 0 Å². The molecule has 1 heterocycles. The lowest BCUT2D eigenvalue weighted by Crippen LogP contribution is -2.14. The van der Waals surface area contributed by atoms with Gasteiger partial charge in [-0.3, -0.25) is 9.59 Å². The van der Waals surface area contributed by atoms with E-state index in [1.165, 1.54) is 0 Å². The number of rotatable bonds is 5. The molecule has 0 bridgehead atoms. The van der Waals surface area contributed by atoms with E-state index in [0.717, 1.165) is 37.9 Å². The zero-order valence-electron chi connectivity index (χ0n) is 9.35. The normalized spacial score (nSPS) is 33.0. The summed E-state index contributed by atoms with van der Waals surface area (Å²) in [6, 6.07) is 0. The average molecular weight is 242 g/mol. The number of ketones is 1. The third kappa shape index (κ3) is 2.78. The van der Waals surface area contributed by atoms with Gasteiger partial charge in [-0.2, -0.15) is 11.8 Å². The van der Waals surface area contributed by atoms with Gasteiger partial charge in [-0.05, 0) is 30.4 Å². The third-order valence-electron chi connectivity index (χ3n) is 3.69. The van der Waals surface area contributed by atoms with Crippen LogP contribution in [-0.4, -0.2) is 27.9 Å². The molecule has 1 saturated carbocycles. The number of aliphatic carboxylic acids is 1. The molecule has 2 fully saturated rings. The summed E-state index contributed by atoms with van der Waals surface area (Å²) in [5.74, 6) is 2.10. The highest BCUT2D eigenvalue weighted by Gasteiger charge is 2.42. The van der Waals surface area contributed by atoms with Crippen LogP contribution in [0.5, 0.6) is 0 Å². The Morgan fingerprint density at radius 2 is 2.19 bits per heavy atom. The fourth-order valence-corrected chi connectivity index (χ4v) is 4.62. The average Bonchev–Trinajstić information content (AvgIpc) is 2.72. The SMILES string of the molecule is O=C(O)CCCC[C@@H]1SCC2CC(=O)CC21. The number of carboxylic acid groups (broad SMARTS) is 1. The van der Waals surface area contributed by atoms with E-state index in [2.05, 4.69) is 0 Å². The fraction of sp³-hybridized carbons (Fsp3) is 0.833. The smallest absolute Gasteiger partial charge is 0.303 e. The first-order valence-electron chi connectivity index (χ1n) is 6.02. The minimum Gasteiger partial charge on any atom is -0.481 e. The van der Waals surface area contributed by atoms with Crippen molar-refractivity contribution < 1.29 is 14.7 Å². The maximum atomic E-state index is 11.3. The molecular weight excluding hydrogens is 224 g/mol. The molecule has 0 aromatic heterocycles. The molecule has 3 atom stereocenters. The lowest BCUT2D eigenvalue weighted by atomic mass is 9.92. The van der Waals surface area contributed by atoms with E-state index in [0.29, 0.717) is 22.9 Å². The van der Waals surface area contributed by atoms with Crippen LogP contribution in [0.15, 0.2) is 0 Å². The Labute approximate surface area is 100.0 Å². The van der Waals surface area contributed by atoms with Gasteiger partial charge in [-0.1, -0.05) is 6.42 Å². The molecule has 0 aromatic rings. The lowest BCUT2D eigenvalue weighted by molar-refractivity contribution is -0.137. The largest absolute Gasteiger partial charge is 0.481 e. The first-order chi connectivity index (χ1) is 7.66. The van der Waals surface area contributed by atoms with Crippen LogP contribution < -0.4 is 0 Å². The standard InChI is InChI=1S/C12H18O3S/c13-9-5-8-7-16-11(10(8)6-9)3-1-2-4-12(14)15/h8,10-11H,1-7H2,(H,14,15)/t8?,10?,11-/m0/s1. The minimum atomic E-state index is -0.701. The van der Waals surface area contributed by atoms with Crippen molar-refractivity contribution in [2.75, 3.05) is 5.75 Å². The summed E-state index contributed by atoms with van der Waals surface area (Å²) in [6.45, 7) is 0. The third-order valence-corrected chi connectivity index (χ3v) is 5.32. The Morgan fingerprint density at radius 1 is 1.38 bits per heavy atom. The second-order valence-electron chi connectivity index (χ2n) is 4.88. The van der Waals surface area contributed by atoms with Crippen molar-refractivity contribution in [3.63, 3.8) is 0 Å². The van der Waals surface area contributed by atoms with Gasteiger partial charge in [0.25, 0.3) is 0 Å². The Kier molecular flexibility index (Phi) is 3.90. The molecule has 1 aliphatic carbocycles. The van der Waals surface area contributed by atoms with E-state index in [-0.39, 0.29) is 6.42 Å². The van der Waals surface area contributed by atoms with Gasteiger partial charge in [0, 0.05) is 24.5 Å². The number of carbonyl (C=O) groups excluding carboxylic acids is 1. The van der Waals surface area contributed by atoms with Crippen LogP contribution in [0.3, 0.4) is 0 Å². The first-order valence-corrected chi connectivity index (χ1v) is 7.07. The van der Waals surface area contributed by atoms with Crippen LogP contribution in [0.4, 0.5) is 0 Å². The second-order valence-corrected chi connectivity index (χ2v) is 6.15. The summed E-state index contributed by atoms with van der Waals surface area (Å²) in [5.41, 5.74) is 0. The summed E-state index contributed by atoms with van der Waals surface area (Å²) in [7, 11) is 0. The number of hydrogen-bond acceptors (Lipinski definition) is 3.